The molecule has 8 nitrogen and oxygen atoms in total. The van der Waals surface area contributed by atoms with Gasteiger partial charge in [-0.3, -0.25) is 9.59 Å². The number of hydrogen-bond donors (Lipinski definition) is 3. The molecule has 1 aromatic carbocycles. The predicted molar refractivity (Wildman–Crippen MR) is 126 cm³/mol. The van der Waals surface area contributed by atoms with Crippen molar-refractivity contribution in [2.24, 2.45) is 0 Å². The van der Waals surface area contributed by atoms with Crippen molar-refractivity contribution in [1.82, 2.24) is 15.5 Å². The molecular weight excluding hydrogens is 422 g/mol. The second kappa shape index (κ2) is 12.0. The topological polar surface area (TPSA) is 108 Å². The number of carbonyl (C=O) groups is 3. The average Bonchev–Trinajstić information content (AvgIpc) is 2.69. The number of benzene rings is 1. The van der Waals surface area contributed by atoms with E-state index in [1.54, 1.807) is 25.7 Å². The van der Waals surface area contributed by atoms with Crippen molar-refractivity contribution in [3.05, 3.63) is 35.9 Å². The number of hydrogen-bond acceptors (Lipinski definition) is 5. The van der Waals surface area contributed by atoms with Crippen LogP contribution in [0, 0.1) is 0 Å². The highest BCUT2D eigenvalue weighted by molar-refractivity contribution is 5.92. The molecule has 3 unspecified atom stereocenters. The van der Waals surface area contributed by atoms with Gasteiger partial charge in [-0.2, -0.15) is 0 Å². The third-order valence-electron chi connectivity index (χ3n) is 5.65. The summed E-state index contributed by atoms with van der Waals surface area (Å²) in [5, 5.41) is 15.5. The molecule has 0 heterocycles. The van der Waals surface area contributed by atoms with E-state index in [9.17, 15) is 19.5 Å². The van der Waals surface area contributed by atoms with Crippen LogP contribution in [0.1, 0.15) is 78.3 Å². The fourth-order valence-corrected chi connectivity index (χ4v) is 3.90. The number of ether oxygens (including phenoxy) is 1. The predicted octanol–water partition coefficient (Wildman–Crippen LogP) is 3.30. The molecule has 0 bridgehead atoms. The maximum absolute atomic E-state index is 13.7. The maximum Gasteiger partial charge on any atom is 0.408 e. The van der Waals surface area contributed by atoms with E-state index in [1.807, 2.05) is 37.3 Å². The smallest absolute Gasteiger partial charge is 0.408 e. The zero-order valence-electron chi connectivity index (χ0n) is 20.5. The Kier molecular flexibility index (Phi) is 9.70. The van der Waals surface area contributed by atoms with Crippen LogP contribution >= 0.6 is 0 Å². The van der Waals surface area contributed by atoms with Gasteiger partial charge in [0.05, 0.1) is 6.61 Å². The Labute approximate surface area is 197 Å². The summed E-state index contributed by atoms with van der Waals surface area (Å²) < 4.78 is 5.26. The minimum atomic E-state index is -1.22. The summed E-state index contributed by atoms with van der Waals surface area (Å²) >= 11 is 0. The van der Waals surface area contributed by atoms with Gasteiger partial charge in [-0.1, -0.05) is 43.7 Å². The van der Waals surface area contributed by atoms with E-state index in [4.69, 9.17) is 4.74 Å². The van der Waals surface area contributed by atoms with Crippen molar-refractivity contribution in [1.29, 1.82) is 0 Å². The minimum Gasteiger partial charge on any atom is -0.444 e. The second-order valence-electron chi connectivity index (χ2n) is 9.72. The summed E-state index contributed by atoms with van der Waals surface area (Å²) in [6.45, 7) is 8.55. The fourth-order valence-electron chi connectivity index (χ4n) is 3.90. The number of aliphatic hydroxyl groups is 1. The van der Waals surface area contributed by atoms with E-state index >= 15 is 0 Å². The Morgan fingerprint density at radius 1 is 1.15 bits per heavy atom. The molecule has 0 radical (unpaired) electrons. The normalized spacial score (nSPS) is 16.7. The van der Waals surface area contributed by atoms with E-state index in [0.717, 1.165) is 32.1 Å². The van der Waals surface area contributed by atoms with Crippen molar-refractivity contribution < 1.29 is 24.2 Å². The molecule has 0 saturated heterocycles. The van der Waals surface area contributed by atoms with E-state index in [2.05, 4.69) is 17.6 Å². The highest BCUT2D eigenvalue weighted by Crippen LogP contribution is 2.33. The van der Waals surface area contributed by atoms with Crippen LogP contribution in [0.5, 0.6) is 0 Å². The van der Waals surface area contributed by atoms with Crippen molar-refractivity contribution in [3.8, 4) is 0 Å². The Hall–Kier alpha value is -2.61. The lowest BCUT2D eigenvalue weighted by Gasteiger charge is -2.43. The lowest BCUT2D eigenvalue weighted by atomic mass is 9.88. The largest absolute Gasteiger partial charge is 0.444 e. The maximum atomic E-state index is 13.7. The van der Waals surface area contributed by atoms with E-state index in [-0.39, 0.29) is 18.0 Å². The summed E-state index contributed by atoms with van der Waals surface area (Å²) in [6.07, 6.45) is 3.43. The number of nitrogens with one attached hydrogen (secondary N) is 2. The Balaban J connectivity index is 2.36. The molecule has 0 aliphatic heterocycles. The Morgan fingerprint density at radius 2 is 1.79 bits per heavy atom. The molecular formula is C25H39N3O5. The molecule has 0 spiro atoms. The SMILES string of the molecule is CCCC(C)NC(=O)C(c1ccccc1)N(C(=O)C(CO)NC(=O)OC(C)(C)C)C1CCC1. The van der Waals surface area contributed by atoms with Crippen molar-refractivity contribution in [2.45, 2.75) is 96.5 Å². The summed E-state index contributed by atoms with van der Waals surface area (Å²) in [4.78, 5) is 41.0. The van der Waals surface area contributed by atoms with Crippen molar-refractivity contribution >= 4 is 17.9 Å². The number of carbonyl (C=O) groups excluding carboxylic acids is 3. The first-order valence-corrected chi connectivity index (χ1v) is 11.8. The van der Waals surface area contributed by atoms with E-state index < -0.39 is 36.3 Å². The van der Waals surface area contributed by atoms with Gasteiger partial charge in [0.25, 0.3) is 0 Å². The summed E-state index contributed by atoms with van der Waals surface area (Å²) in [5.74, 6) is -0.767. The first kappa shape index (κ1) is 26.6. The van der Waals surface area contributed by atoms with Gasteiger partial charge in [-0.25, -0.2) is 4.79 Å². The third kappa shape index (κ3) is 7.74. The van der Waals surface area contributed by atoms with Crippen LogP contribution in [-0.2, 0) is 14.3 Å². The second-order valence-corrected chi connectivity index (χ2v) is 9.72. The number of alkyl carbamates (subject to hydrolysis) is 1. The zero-order chi connectivity index (χ0) is 24.6. The van der Waals surface area contributed by atoms with Gasteiger partial charge in [0, 0.05) is 12.1 Å². The molecule has 2 rings (SSSR count). The molecule has 8 heteroatoms. The van der Waals surface area contributed by atoms with Crippen LogP contribution in [0.2, 0.25) is 0 Å². The van der Waals surface area contributed by atoms with Gasteiger partial charge >= 0.3 is 6.09 Å². The monoisotopic (exact) mass is 461 g/mol. The lowest BCUT2D eigenvalue weighted by molar-refractivity contribution is -0.148. The van der Waals surface area contributed by atoms with E-state index in [1.165, 1.54) is 0 Å². The van der Waals surface area contributed by atoms with Crippen LogP contribution in [0.3, 0.4) is 0 Å². The van der Waals surface area contributed by atoms with Gasteiger partial charge in [-0.05, 0) is 58.9 Å². The molecule has 1 aliphatic carbocycles. The van der Waals surface area contributed by atoms with Crippen molar-refractivity contribution in [3.63, 3.8) is 0 Å². The molecule has 1 aliphatic rings. The highest BCUT2D eigenvalue weighted by atomic mass is 16.6. The first-order valence-electron chi connectivity index (χ1n) is 11.8. The fraction of sp³-hybridized carbons (Fsp3) is 0.640. The van der Waals surface area contributed by atoms with Crippen LogP contribution in [0.15, 0.2) is 30.3 Å². The van der Waals surface area contributed by atoms with Gasteiger partial charge in [0.1, 0.15) is 17.7 Å². The minimum absolute atomic E-state index is 0.0411. The Bertz CT molecular complexity index is 789. The first-order chi connectivity index (χ1) is 15.6. The van der Waals surface area contributed by atoms with Crippen LogP contribution in [0.4, 0.5) is 4.79 Å². The Morgan fingerprint density at radius 3 is 2.27 bits per heavy atom. The quantitative estimate of drug-likeness (QED) is 0.495. The number of rotatable bonds is 10. The number of amides is 3. The highest BCUT2D eigenvalue weighted by Gasteiger charge is 2.42. The van der Waals surface area contributed by atoms with Gasteiger partial charge in [0.15, 0.2) is 0 Å². The van der Waals surface area contributed by atoms with Crippen LogP contribution in [0.25, 0.3) is 0 Å². The van der Waals surface area contributed by atoms with Gasteiger partial charge in [0.2, 0.25) is 11.8 Å². The lowest BCUT2D eigenvalue weighted by Crippen LogP contribution is -2.58. The standard InChI is InChI=1S/C25H39N3O5/c1-6-11-17(2)26-22(30)21(18-12-8-7-9-13-18)28(19-14-10-15-19)23(31)20(16-29)27-24(32)33-25(3,4)5/h7-9,12-13,17,19-21,29H,6,10-11,14-16H2,1-5H3,(H,26,30)(H,27,32). The molecule has 184 valence electrons. The molecule has 3 atom stereocenters. The number of aliphatic hydroxyl groups excluding tert-OH is 1. The average molecular weight is 462 g/mol. The van der Waals surface area contributed by atoms with E-state index in [0.29, 0.717) is 5.56 Å². The van der Waals surface area contributed by atoms with Gasteiger partial charge < -0.3 is 25.4 Å². The number of nitrogens with zero attached hydrogens (tertiary/aromatic N) is 1. The molecule has 1 saturated carbocycles. The molecule has 1 aromatic rings. The summed E-state index contributed by atoms with van der Waals surface area (Å²) in [6, 6.07) is 6.89. The molecule has 3 amide bonds. The summed E-state index contributed by atoms with van der Waals surface area (Å²) in [7, 11) is 0. The molecule has 33 heavy (non-hydrogen) atoms. The molecule has 3 N–H and O–H groups in total. The molecule has 0 aromatic heterocycles. The van der Waals surface area contributed by atoms with Crippen LogP contribution in [-0.4, -0.2) is 58.2 Å². The molecule has 1 fully saturated rings. The van der Waals surface area contributed by atoms with Crippen LogP contribution < -0.4 is 10.6 Å². The third-order valence-corrected chi connectivity index (χ3v) is 5.65. The van der Waals surface area contributed by atoms with Gasteiger partial charge in [-0.15, -0.1) is 0 Å². The summed E-state index contributed by atoms with van der Waals surface area (Å²) in [5.41, 5.74) is -0.0595. The van der Waals surface area contributed by atoms with Crippen molar-refractivity contribution in [2.75, 3.05) is 6.61 Å². The zero-order valence-corrected chi connectivity index (χ0v) is 20.5.